The van der Waals surface area contributed by atoms with Gasteiger partial charge in [-0.3, -0.25) is 14.5 Å². The highest BCUT2D eigenvalue weighted by atomic mass is 16.5. The third-order valence-electron chi connectivity index (χ3n) is 4.96. The van der Waals surface area contributed by atoms with Crippen LogP contribution in [0.15, 0.2) is 0 Å². The minimum Gasteiger partial charge on any atom is -0.394 e. The molecule has 0 bridgehead atoms. The molecule has 2 unspecified atom stereocenters. The molecular weight excluding hydrogens is 334 g/mol. The Kier molecular flexibility index (Phi) is 10.8. The van der Waals surface area contributed by atoms with Gasteiger partial charge in [0, 0.05) is 44.6 Å². The van der Waals surface area contributed by atoms with E-state index in [-0.39, 0.29) is 30.3 Å². The zero-order valence-electron chi connectivity index (χ0n) is 16.7. The van der Waals surface area contributed by atoms with E-state index >= 15 is 0 Å². The molecule has 26 heavy (non-hydrogen) atoms. The summed E-state index contributed by atoms with van der Waals surface area (Å²) in [6.45, 7) is 10.9. The van der Waals surface area contributed by atoms with Gasteiger partial charge in [0.1, 0.15) is 0 Å². The summed E-state index contributed by atoms with van der Waals surface area (Å²) in [7, 11) is 0. The number of piperazine rings is 1. The first-order chi connectivity index (χ1) is 12.4. The summed E-state index contributed by atoms with van der Waals surface area (Å²) in [5, 5.41) is 8.72. The van der Waals surface area contributed by atoms with Gasteiger partial charge in [-0.25, -0.2) is 0 Å². The first-order valence-corrected chi connectivity index (χ1v) is 9.89. The first kappa shape index (κ1) is 22.9. The molecule has 152 valence electrons. The minimum absolute atomic E-state index is 0.0400. The van der Waals surface area contributed by atoms with Crippen molar-refractivity contribution in [2.45, 2.75) is 40.0 Å². The Hall–Kier alpha value is -1.18. The van der Waals surface area contributed by atoms with E-state index in [4.69, 9.17) is 15.6 Å². The molecule has 1 heterocycles. The number of hydrogen-bond donors (Lipinski definition) is 2. The third kappa shape index (κ3) is 7.60. The van der Waals surface area contributed by atoms with Crippen LogP contribution in [-0.2, 0) is 14.3 Å². The van der Waals surface area contributed by atoms with Gasteiger partial charge in [0.15, 0.2) is 0 Å². The molecule has 0 spiro atoms. The Morgan fingerprint density at radius 2 is 1.77 bits per heavy atom. The van der Waals surface area contributed by atoms with Crippen LogP contribution in [0.4, 0.5) is 0 Å². The lowest BCUT2D eigenvalue weighted by molar-refractivity contribution is -0.143. The van der Waals surface area contributed by atoms with Gasteiger partial charge in [0.05, 0.1) is 19.8 Å². The lowest BCUT2D eigenvalue weighted by Gasteiger charge is -2.38. The number of primary amides is 1. The minimum atomic E-state index is -0.375. The van der Waals surface area contributed by atoms with E-state index in [9.17, 15) is 9.59 Å². The van der Waals surface area contributed by atoms with Crippen molar-refractivity contribution in [1.82, 2.24) is 9.80 Å². The zero-order valence-corrected chi connectivity index (χ0v) is 16.7. The van der Waals surface area contributed by atoms with Crippen molar-refractivity contribution < 1.29 is 19.4 Å². The number of ether oxygens (including phenoxy) is 1. The van der Waals surface area contributed by atoms with Gasteiger partial charge in [-0.05, 0) is 18.8 Å². The second-order valence-electron chi connectivity index (χ2n) is 7.54. The first-order valence-electron chi connectivity index (χ1n) is 9.89. The normalized spacial score (nSPS) is 18.1. The molecule has 2 atom stereocenters. The van der Waals surface area contributed by atoms with E-state index in [0.29, 0.717) is 45.1 Å². The van der Waals surface area contributed by atoms with E-state index in [1.807, 2.05) is 11.8 Å². The molecule has 2 amide bonds. The monoisotopic (exact) mass is 371 g/mol. The average molecular weight is 372 g/mol. The fourth-order valence-electron chi connectivity index (χ4n) is 3.58. The third-order valence-corrected chi connectivity index (χ3v) is 4.96. The number of carbonyl (C=O) groups is 2. The summed E-state index contributed by atoms with van der Waals surface area (Å²) in [5.74, 6) is -0.628. The van der Waals surface area contributed by atoms with Gasteiger partial charge in [-0.1, -0.05) is 27.2 Å². The van der Waals surface area contributed by atoms with Crippen LogP contribution in [0.25, 0.3) is 0 Å². The van der Waals surface area contributed by atoms with Gasteiger partial charge in [0.25, 0.3) is 0 Å². The number of aliphatic hydroxyl groups is 1. The lowest BCUT2D eigenvalue weighted by atomic mass is 9.81. The molecule has 0 aliphatic carbocycles. The molecule has 1 rings (SSSR count). The van der Waals surface area contributed by atoms with Crippen LogP contribution in [0.1, 0.15) is 40.0 Å². The van der Waals surface area contributed by atoms with Gasteiger partial charge in [-0.2, -0.15) is 0 Å². The van der Waals surface area contributed by atoms with Gasteiger partial charge in [0.2, 0.25) is 11.8 Å². The Labute approximate surface area is 157 Å². The van der Waals surface area contributed by atoms with E-state index in [0.717, 1.165) is 26.1 Å². The predicted octanol–water partition coefficient (Wildman–Crippen LogP) is 0.703. The molecule has 7 heteroatoms. The number of rotatable bonds is 12. The molecule has 1 aliphatic heterocycles. The summed E-state index contributed by atoms with van der Waals surface area (Å²) in [5.41, 5.74) is 5.62. The van der Waals surface area contributed by atoms with Crippen LogP contribution >= 0.6 is 0 Å². The highest BCUT2D eigenvalue weighted by Gasteiger charge is 2.35. The molecule has 1 fully saturated rings. The maximum absolute atomic E-state index is 13.1. The Bertz CT molecular complexity index is 423. The molecule has 0 aromatic heterocycles. The highest BCUT2D eigenvalue weighted by molar-refractivity contribution is 5.87. The van der Waals surface area contributed by atoms with Crippen LogP contribution in [0.2, 0.25) is 0 Å². The van der Waals surface area contributed by atoms with E-state index in [1.165, 1.54) is 0 Å². The van der Waals surface area contributed by atoms with Gasteiger partial charge < -0.3 is 20.5 Å². The molecular formula is C19H37N3O4. The second kappa shape index (κ2) is 12.3. The summed E-state index contributed by atoms with van der Waals surface area (Å²) in [6, 6.07) is 0. The molecule has 1 saturated heterocycles. The standard InChI is InChI=1S/C19H37N3O4/c1-4-5-16(18(20)24)17(14-15(2)3)19(25)22-8-6-21(7-9-22)10-12-26-13-11-23/h15-17,23H,4-14H2,1-3H3,(H2,20,24). The number of nitrogens with two attached hydrogens (primary N) is 1. The topological polar surface area (TPSA) is 96.1 Å². The van der Waals surface area contributed by atoms with Crippen LogP contribution in [-0.4, -0.2) is 79.3 Å². The van der Waals surface area contributed by atoms with E-state index in [1.54, 1.807) is 0 Å². The molecule has 0 saturated carbocycles. The van der Waals surface area contributed by atoms with Crippen molar-refractivity contribution in [3.63, 3.8) is 0 Å². The second-order valence-corrected chi connectivity index (χ2v) is 7.54. The molecule has 0 aromatic rings. The van der Waals surface area contributed by atoms with Crippen LogP contribution < -0.4 is 5.73 Å². The van der Waals surface area contributed by atoms with Crippen molar-refractivity contribution in [2.24, 2.45) is 23.5 Å². The van der Waals surface area contributed by atoms with Crippen LogP contribution in [0.3, 0.4) is 0 Å². The van der Waals surface area contributed by atoms with Crippen molar-refractivity contribution in [3.05, 3.63) is 0 Å². The van der Waals surface area contributed by atoms with Crippen molar-refractivity contribution in [3.8, 4) is 0 Å². The smallest absolute Gasteiger partial charge is 0.226 e. The molecule has 3 N–H and O–H groups in total. The molecule has 0 aromatic carbocycles. The SMILES string of the molecule is CCCC(C(N)=O)C(CC(C)C)C(=O)N1CCN(CCOCCO)CC1. The number of hydrogen-bond acceptors (Lipinski definition) is 5. The van der Waals surface area contributed by atoms with Crippen LogP contribution in [0, 0.1) is 17.8 Å². The van der Waals surface area contributed by atoms with E-state index in [2.05, 4.69) is 18.7 Å². The fourth-order valence-corrected chi connectivity index (χ4v) is 3.58. The number of aliphatic hydroxyl groups excluding tert-OH is 1. The summed E-state index contributed by atoms with van der Waals surface area (Å²) in [4.78, 5) is 29.2. The fraction of sp³-hybridized carbons (Fsp3) is 0.895. The van der Waals surface area contributed by atoms with Gasteiger partial charge in [-0.15, -0.1) is 0 Å². The highest BCUT2D eigenvalue weighted by Crippen LogP contribution is 2.27. The Balaban J connectivity index is 2.61. The number of carbonyl (C=O) groups excluding carboxylic acids is 2. The van der Waals surface area contributed by atoms with Crippen molar-refractivity contribution >= 4 is 11.8 Å². The Morgan fingerprint density at radius 1 is 1.12 bits per heavy atom. The average Bonchev–Trinajstić information content (AvgIpc) is 2.61. The van der Waals surface area contributed by atoms with Crippen molar-refractivity contribution in [1.29, 1.82) is 0 Å². The maximum atomic E-state index is 13.1. The summed E-state index contributed by atoms with van der Waals surface area (Å²) >= 11 is 0. The zero-order chi connectivity index (χ0) is 19.5. The molecule has 1 aliphatic rings. The Morgan fingerprint density at radius 3 is 2.27 bits per heavy atom. The quantitative estimate of drug-likeness (QED) is 0.493. The largest absolute Gasteiger partial charge is 0.394 e. The summed E-state index contributed by atoms with van der Waals surface area (Å²) < 4.78 is 5.30. The molecule has 0 radical (unpaired) electrons. The number of amides is 2. The molecule has 7 nitrogen and oxygen atoms in total. The van der Waals surface area contributed by atoms with Gasteiger partial charge >= 0.3 is 0 Å². The van der Waals surface area contributed by atoms with Crippen LogP contribution in [0.5, 0.6) is 0 Å². The summed E-state index contributed by atoms with van der Waals surface area (Å²) in [6.07, 6.45) is 2.21. The predicted molar refractivity (Wildman–Crippen MR) is 101 cm³/mol. The van der Waals surface area contributed by atoms with E-state index < -0.39 is 0 Å². The number of nitrogens with zero attached hydrogens (tertiary/aromatic N) is 2. The maximum Gasteiger partial charge on any atom is 0.226 e. The lowest BCUT2D eigenvalue weighted by Crippen LogP contribution is -2.52. The van der Waals surface area contributed by atoms with Crippen molar-refractivity contribution in [2.75, 3.05) is 52.5 Å².